The fraction of sp³-hybridized carbons (Fsp3) is 0.611. The van der Waals surface area contributed by atoms with Gasteiger partial charge in [-0.25, -0.2) is 0 Å². The van der Waals surface area contributed by atoms with Gasteiger partial charge >= 0.3 is 0 Å². The molecule has 0 aromatic heterocycles. The molecule has 0 bridgehead atoms. The van der Waals surface area contributed by atoms with Crippen molar-refractivity contribution in [2.24, 2.45) is 11.7 Å². The Labute approximate surface area is 133 Å². The first kappa shape index (κ1) is 16.8. The maximum atomic E-state index is 12.2. The van der Waals surface area contributed by atoms with Crippen LogP contribution in [0.25, 0.3) is 0 Å². The predicted octanol–water partition coefficient (Wildman–Crippen LogP) is 3.12. The average Bonchev–Trinajstić information content (AvgIpc) is 2.79. The molecule has 1 aromatic carbocycles. The van der Waals surface area contributed by atoms with Crippen LogP contribution in [0, 0.1) is 5.92 Å². The van der Waals surface area contributed by atoms with E-state index in [2.05, 4.69) is 27.7 Å². The summed E-state index contributed by atoms with van der Waals surface area (Å²) in [6, 6.07) is 8.07. The average molecular weight is 304 g/mol. The van der Waals surface area contributed by atoms with Gasteiger partial charge in [0.1, 0.15) is 5.75 Å². The molecular formula is C18H28N2O2. The van der Waals surface area contributed by atoms with E-state index in [9.17, 15) is 4.79 Å². The van der Waals surface area contributed by atoms with Crippen LogP contribution in [0.3, 0.4) is 0 Å². The topological polar surface area (TPSA) is 55.6 Å². The molecule has 1 fully saturated rings. The smallest absolute Gasteiger partial charge is 0.225 e. The van der Waals surface area contributed by atoms with E-state index in [4.69, 9.17) is 10.5 Å². The minimum absolute atomic E-state index is 0.0263. The van der Waals surface area contributed by atoms with Gasteiger partial charge < -0.3 is 15.4 Å². The van der Waals surface area contributed by atoms with Crippen molar-refractivity contribution in [1.82, 2.24) is 4.90 Å². The SMILES string of the molecule is CCC(C)N1C(=O)CC(N)C1c1ccc(OCC(C)C)cc1. The van der Waals surface area contributed by atoms with E-state index in [1.165, 1.54) is 0 Å². The summed E-state index contributed by atoms with van der Waals surface area (Å²) in [5.41, 5.74) is 7.32. The Kier molecular flexibility index (Phi) is 5.46. The molecular weight excluding hydrogens is 276 g/mol. The molecule has 1 heterocycles. The summed E-state index contributed by atoms with van der Waals surface area (Å²) < 4.78 is 5.72. The lowest BCUT2D eigenvalue weighted by molar-refractivity contribution is -0.131. The first-order valence-corrected chi connectivity index (χ1v) is 8.23. The molecule has 2 N–H and O–H groups in total. The van der Waals surface area contributed by atoms with Gasteiger partial charge in [0, 0.05) is 18.5 Å². The Bertz CT molecular complexity index is 498. The van der Waals surface area contributed by atoms with Crippen LogP contribution in [0.4, 0.5) is 0 Å². The zero-order chi connectivity index (χ0) is 16.3. The second-order valence-corrected chi connectivity index (χ2v) is 6.64. The normalized spacial score (nSPS) is 23.2. The van der Waals surface area contributed by atoms with Gasteiger partial charge in [0.15, 0.2) is 0 Å². The Morgan fingerprint density at radius 2 is 1.91 bits per heavy atom. The van der Waals surface area contributed by atoms with Crippen molar-refractivity contribution in [2.45, 2.75) is 58.7 Å². The number of amides is 1. The number of rotatable bonds is 6. The quantitative estimate of drug-likeness (QED) is 0.878. The van der Waals surface area contributed by atoms with E-state index in [0.717, 1.165) is 17.7 Å². The molecule has 0 saturated carbocycles. The first-order chi connectivity index (χ1) is 10.4. The Morgan fingerprint density at radius 3 is 2.45 bits per heavy atom. The molecule has 0 radical (unpaired) electrons. The maximum Gasteiger partial charge on any atom is 0.225 e. The van der Waals surface area contributed by atoms with Gasteiger partial charge in [0.05, 0.1) is 12.6 Å². The molecule has 1 saturated heterocycles. The van der Waals surface area contributed by atoms with E-state index >= 15 is 0 Å². The molecule has 3 unspecified atom stereocenters. The third kappa shape index (κ3) is 3.61. The molecule has 4 heteroatoms. The molecule has 2 rings (SSSR count). The summed E-state index contributed by atoms with van der Waals surface area (Å²) in [6.45, 7) is 9.15. The monoisotopic (exact) mass is 304 g/mol. The number of likely N-dealkylation sites (tertiary alicyclic amines) is 1. The molecule has 1 aromatic rings. The number of nitrogens with zero attached hydrogens (tertiary/aromatic N) is 1. The summed E-state index contributed by atoms with van der Waals surface area (Å²) in [5.74, 6) is 1.53. The molecule has 1 amide bonds. The lowest BCUT2D eigenvalue weighted by Gasteiger charge is -2.32. The summed E-state index contributed by atoms with van der Waals surface area (Å²) in [7, 11) is 0. The Morgan fingerprint density at radius 1 is 1.27 bits per heavy atom. The third-order valence-electron chi connectivity index (χ3n) is 4.27. The Balaban J connectivity index is 2.16. The van der Waals surface area contributed by atoms with Gasteiger partial charge in [-0.3, -0.25) is 4.79 Å². The third-order valence-corrected chi connectivity index (χ3v) is 4.27. The standard InChI is InChI=1S/C18H28N2O2/c1-5-13(4)20-17(21)10-16(19)18(20)14-6-8-15(9-7-14)22-11-12(2)3/h6-9,12-13,16,18H,5,10-11,19H2,1-4H3. The number of nitrogens with two attached hydrogens (primary N) is 1. The molecule has 0 aliphatic carbocycles. The zero-order valence-corrected chi connectivity index (χ0v) is 14.1. The molecule has 122 valence electrons. The van der Waals surface area contributed by atoms with E-state index in [1.807, 2.05) is 29.2 Å². The van der Waals surface area contributed by atoms with E-state index in [-0.39, 0.29) is 24.0 Å². The van der Waals surface area contributed by atoms with Crippen LogP contribution in [-0.4, -0.2) is 29.5 Å². The number of hydrogen-bond acceptors (Lipinski definition) is 3. The highest BCUT2D eigenvalue weighted by Gasteiger charge is 2.40. The fourth-order valence-corrected chi connectivity index (χ4v) is 2.93. The van der Waals surface area contributed by atoms with Gasteiger partial charge in [0.25, 0.3) is 0 Å². The highest BCUT2D eigenvalue weighted by atomic mass is 16.5. The number of hydrogen-bond donors (Lipinski definition) is 1. The second kappa shape index (κ2) is 7.14. The molecule has 22 heavy (non-hydrogen) atoms. The van der Waals surface area contributed by atoms with Crippen LogP contribution < -0.4 is 10.5 Å². The molecule has 3 atom stereocenters. The van der Waals surface area contributed by atoms with Gasteiger partial charge in [-0.05, 0) is 37.0 Å². The number of carbonyl (C=O) groups excluding carboxylic acids is 1. The molecule has 1 aliphatic rings. The summed E-state index contributed by atoms with van der Waals surface area (Å²) in [6.07, 6.45) is 1.37. The van der Waals surface area contributed by atoms with Crippen LogP contribution in [0.5, 0.6) is 5.75 Å². The summed E-state index contributed by atoms with van der Waals surface area (Å²) >= 11 is 0. The van der Waals surface area contributed by atoms with Gasteiger partial charge in [0.2, 0.25) is 5.91 Å². The van der Waals surface area contributed by atoms with Crippen molar-refractivity contribution in [3.63, 3.8) is 0 Å². The van der Waals surface area contributed by atoms with Crippen LogP contribution in [0.1, 0.15) is 52.1 Å². The van der Waals surface area contributed by atoms with Gasteiger partial charge in [-0.2, -0.15) is 0 Å². The van der Waals surface area contributed by atoms with Gasteiger partial charge in [-0.15, -0.1) is 0 Å². The minimum Gasteiger partial charge on any atom is -0.493 e. The molecule has 0 spiro atoms. The second-order valence-electron chi connectivity index (χ2n) is 6.64. The maximum absolute atomic E-state index is 12.2. The van der Waals surface area contributed by atoms with Crippen molar-refractivity contribution in [1.29, 1.82) is 0 Å². The van der Waals surface area contributed by atoms with E-state index in [1.54, 1.807) is 0 Å². The largest absolute Gasteiger partial charge is 0.493 e. The lowest BCUT2D eigenvalue weighted by Crippen LogP contribution is -2.38. The van der Waals surface area contributed by atoms with Crippen LogP contribution in [-0.2, 0) is 4.79 Å². The number of benzene rings is 1. The van der Waals surface area contributed by atoms with Crippen molar-refractivity contribution in [3.8, 4) is 5.75 Å². The predicted molar refractivity (Wildman–Crippen MR) is 88.7 cm³/mol. The van der Waals surface area contributed by atoms with E-state index in [0.29, 0.717) is 18.9 Å². The zero-order valence-electron chi connectivity index (χ0n) is 14.1. The van der Waals surface area contributed by atoms with Crippen LogP contribution in [0.15, 0.2) is 24.3 Å². The van der Waals surface area contributed by atoms with Crippen molar-refractivity contribution in [3.05, 3.63) is 29.8 Å². The lowest BCUT2D eigenvalue weighted by atomic mass is 9.99. The van der Waals surface area contributed by atoms with Crippen molar-refractivity contribution < 1.29 is 9.53 Å². The summed E-state index contributed by atoms with van der Waals surface area (Å²) in [5, 5.41) is 0. The highest BCUT2D eigenvalue weighted by Crippen LogP contribution is 2.35. The van der Waals surface area contributed by atoms with Crippen molar-refractivity contribution >= 4 is 5.91 Å². The van der Waals surface area contributed by atoms with Crippen molar-refractivity contribution in [2.75, 3.05) is 6.61 Å². The number of ether oxygens (including phenoxy) is 1. The fourth-order valence-electron chi connectivity index (χ4n) is 2.93. The highest BCUT2D eigenvalue weighted by molar-refractivity contribution is 5.80. The van der Waals surface area contributed by atoms with Crippen LogP contribution >= 0.6 is 0 Å². The van der Waals surface area contributed by atoms with Gasteiger partial charge in [-0.1, -0.05) is 32.9 Å². The first-order valence-electron chi connectivity index (χ1n) is 8.23. The Hall–Kier alpha value is -1.55. The minimum atomic E-state index is -0.135. The number of carbonyl (C=O) groups is 1. The van der Waals surface area contributed by atoms with Crippen LogP contribution in [0.2, 0.25) is 0 Å². The molecule has 1 aliphatic heterocycles. The summed E-state index contributed by atoms with van der Waals surface area (Å²) in [4.78, 5) is 14.2. The molecule has 4 nitrogen and oxygen atoms in total. The van der Waals surface area contributed by atoms with E-state index < -0.39 is 0 Å².